The summed E-state index contributed by atoms with van der Waals surface area (Å²) in [5, 5.41) is 9.40. The fourth-order valence-corrected chi connectivity index (χ4v) is 3.06. The third-order valence-electron chi connectivity index (χ3n) is 3.65. The van der Waals surface area contributed by atoms with Crippen molar-refractivity contribution in [2.24, 2.45) is 0 Å². The Bertz CT molecular complexity index is 505. The van der Waals surface area contributed by atoms with Crippen LogP contribution in [0.5, 0.6) is 0 Å². The van der Waals surface area contributed by atoms with Crippen molar-refractivity contribution in [3.8, 4) is 0 Å². The quantitative estimate of drug-likeness (QED) is 0.853. The Kier molecular flexibility index (Phi) is 3.73. The van der Waals surface area contributed by atoms with Crippen LogP contribution in [0.3, 0.4) is 0 Å². The van der Waals surface area contributed by atoms with Crippen LogP contribution >= 0.6 is 15.9 Å². The molecule has 1 aromatic heterocycles. The van der Waals surface area contributed by atoms with Gasteiger partial charge in [-0.2, -0.15) is 0 Å². The van der Waals surface area contributed by atoms with Crippen molar-refractivity contribution in [3.63, 3.8) is 0 Å². The van der Waals surface area contributed by atoms with Crippen molar-refractivity contribution < 1.29 is 9.84 Å². The molecule has 0 radical (unpaired) electrons. The van der Waals surface area contributed by atoms with Gasteiger partial charge in [0.2, 0.25) is 0 Å². The predicted molar refractivity (Wildman–Crippen MR) is 80.0 cm³/mol. The molecule has 2 fully saturated rings. The van der Waals surface area contributed by atoms with E-state index >= 15 is 0 Å². The molecule has 2 aliphatic rings. The predicted octanol–water partition coefficient (Wildman–Crippen LogP) is 2.09. The van der Waals surface area contributed by atoms with Gasteiger partial charge in [-0.15, -0.1) is 0 Å². The fraction of sp³-hybridized carbons (Fsp3) is 0.714. The molecule has 1 unspecified atom stereocenters. The number of halogens is 1. The zero-order valence-corrected chi connectivity index (χ0v) is 13.4. The summed E-state index contributed by atoms with van der Waals surface area (Å²) in [7, 11) is 0. The van der Waals surface area contributed by atoms with Gasteiger partial charge in [0.05, 0.1) is 18.3 Å². The fourth-order valence-electron chi connectivity index (χ4n) is 2.67. The highest BCUT2D eigenvalue weighted by atomic mass is 79.9. The Morgan fingerprint density at radius 2 is 2.20 bits per heavy atom. The topological polar surface area (TPSA) is 58.5 Å². The smallest absolute Gasteiger partial charge is 0.135 e. The number of aliphatic hydroxyl groups is 1. The number of hydrogen-bond acceptors (Lipinski definition) is 5. The molecule has 0 bridgehead atoms. The van der Waals surface area contributed by atoms with E-state index in [-0.39, 0.29) is 18.3 Å². The molecule has 1 aliphatic heterocycles. The summed E-state index contributed by atoms with van der Waals surface area (Å²) in [6, 6.07) is 1.95. The van der Waals surface area contributed by atoms with Gasteiger partial charge in [0.1, 0.15) is 16.2 Å². The van der Waals surface area contributed by atoms with Crippen LogP contribution in [0.4, 0.5) is 5.82 Å². The minimum atomic E-state index is -0.289. The summed E-state index contributed by atoms with van der Waals surface area (Å²) in [6.07, 6.45) is 2.20. The lowest BCUT2D eigenvalue weighted by molar-refractivity contribution is -0.101. The highest BCUT2D eigenvalue weighted by molar-refractivity contribution is 9.10. The molecule has 0 spiro atoms. The Morgan fingerprint density at radius 1 is 1.45 bits per heavy atom. The van der Waals surface area contributed by atoms with Gasteiger partial charge < -0.3 is 14.7 Å². The Labute approximate surface area is 127 Å². The molecule has 0 amide bonds. The highest BCUT2D eigenvalue weighted by Gasteiger charge is 2.34. The first kappa shape index (κ1) is 14.2. The zero-order valence-electron chi connectivity index (χ0n) is 11.8. The van der Waals surface area contributed by atoms with Gasteiger partial charge in [-0.05, 0) is 42.6 Å². The van der Waals surface area contributed by atoms with E-state index in [1.54, 1.807) is 0 Å². The van der Waals surface area contributed by atoms with E-state index in [9.17, 15) is 5.11 Å². The maximum Gasteiger partial charge on any atom is 0.135 e. The Balaban J connectivity index is 1.87. The van der Waals surface area contributed by atoms with Crippen molar-refractivity contribution in [2.75, 3.05) is 24.6 Å². The molecule has 3 rings (SSSR count). The van der Waals surface area contributed by atoms with E-state index in [1.165, 1.54) is 12.8 Å². The lowest BCUT2D eigenvalue weighted by Gasteiger charge is -2.42. The van der Waals surface area contributed by atoms with Crippen LogP contribution in [0.25, 0.3) is 0 Å². The van der Waals surface area contributed by atoms with Crippen molar-refractivity contribution in [3.05, 3.63) is 16.5 Å². The van der Waals surface area contributed by atoms with E-state index in [2.05, 4.69) is 25.8 Å². The SMILES string of the molecule is CC1(C)CN(c2cc(Br)nc(C3CC3)n2)CC(CO)O1. The van der Waals surface area contributed by atoms with Crippen LogP contribution in [0.15, 0.2) is 10.7 Å². The number of ether oxygens (including phenoxy) is 1. The number of anilines is 1. The average molecular weight is 342 g/mol. The molecule has 1 saturated carbocycles. The molecular weight excluding hydrogens is 322 g/mol. The summed E-state index contributed by atoms with van der Waals surface area (Å²) in [5.74, 6) is 2.37. The largest absolute Gasteiger partial charge is 0.394 e. The molecule has 1 N–H and O–H groups in total. The van der Waals surface area contributed by atoms with Gasteiger partial charge in [-0.3, -0.25) is 0 Å². The third-order valence-corrected chi connectivity index (χ3v) is 4.06. The zero-order chi connectivity index (χ0) is 14.3. The maximum atomic E-state index is 9.40. The van der Waals surface area contributed by atoms with Crippen LogP contribution in [0.1, 0.15) is 38.4 Å². The lowest BCUT2D eigenvalue weighted by Crippen LogP contribution is -2.54. The second-order valence-electron chi connectivity index (χ2n) is 6.24. The van der Waals surface area contributed by atoms with Crippen molar-refractivity contribution >= 4 is 21.7 Å². The summed E-state index contributed by atoms with van der Waals surface area (Å²) < 4.78 is 6.68. The molecule has 0 aromatic carbocycles. The average Bonchev–Trinajstić information content (AvgIpc) is 3.20. The van der Waals surface area contributed by atoms with Crippen molar-refractivity contribution in [1.29, 1.82) is 0 Å². The number of hydrogen-bond donors (Lipinski definition) is 1. The first-order valence-electron chi connectivity index (χ1n) is 7.05. The number of aromatic nitrogens is 2. The number of morpholine rings is 1. The van der Waals surface area contributed by atoms with Gasteiger partial charge in [0.15, 0.2) is 0 Å². The van der Waals surface area contributed by atoms with Gasteiger partial charge in [0, 0.05) is 25.1 Å². The third kappa shape index (κ3) is 3.13. The lowest BCUT2D eigenvalue weighted by atomic mass is 10.1. The number of aliphatic hydroxyl groups excluding tert-OH is 1. The van der Waals surface area contributed by atoms with E-state index in [4.69, 9.17) is 9.72 Å². The minimum absolute atomic E-state index is 0.0294. The Morgan fingerprint density at radius 3 is 2.85 bits per heavy atom. The summed E-state index contributed by atoms with van der Waals surface area (Å²) in [6.45, 7) is 5.53. The first-order chi connectivity index (χ1) is 9.47. The van der Waals surface area contributed by atoms with Crippen molar-refractivity contribution in [1.82, 2.24) is 9.97 Å². The molecule has 20 heavy (non-hydrogen) atoms. The highest BCUT2D eigenvalue weighted by Crippen LogP contribution is 2.39. The Hall–Kier alpha value is -0.720. The van der Waals surface area contributed by atoms with Crippen LogP contribution in [-0.2, 0) is 4.74 Å². The molecule has 2 heterocycles. The van der Waals surface area contributed by atoms with E-state index < -0.39 is 0 Å². The number of rotatable bonds is 3. The standard InChI is InChI=1S/C14H20BrN3O2/c1-14(2)8-18(6-10(7-19)20-14)12-5-11(15)16-13(17-12)9-3-4-9/h5,9-10,19H,3-4,6-8H2,1-2H3. The maximum absolute atomic E-state index is 9.40. The van der Waals surface area contributed by atoms with Gasteiger partial charge in [0.25, 0.3) is 0 Å². The van der Waals surface area contributed by atoms with E-state index in [0.717, 1.165) is 22.8 Å². The van der Waals surface area contributed by atoms with Gasteiger partial charge >= 0.3 is 0 Å². The van der Waals surface area contributed by atoms with Crippen LogP contribution < -0.4 is 4.90 Å². The van der Waals surface area contributed by atoms with Gasteiger partial charge in [-0.25, -0.2) is 9.97 Å². The minimum Gasteiger partial charge on any atom is -0.394 e. The molecule has 1 aliphatic carbocycles. The van der Waals surface area contributed by atoms with E-state index in [1.807, 2.05) is 19.9 Å². The van der Waals surface area contributed by atoms with Crippen LogP contribution in [-0.4, -0.2) is 46.5 Å². The van der Waals surface area contributed by atoms with Crippen LogP contribution in [0, 0.1) is 0 Å². The first-order valence-corrected chi connectivity index (χ1v) is 7.84. The molecule has 1 saturated heterocycles. The normalized spacial score (nSPS) is 25.8. The molecule has 1 aromatic rings. The molecular formula is C14H20BrN3O2. The second-order valence-corrected chi connectivity index (χ2v) is 7.06. The van der Waals surface area contributed by atoms with Gasteiger partial charge in [-0.1, -0.05) is 0 Å². The monoisotopic (exact) mass is 341 g/mol. The summed E-state index contributed by atoms with van der Waals surface area (Å²) in [5.41, 5.74) is -0.289. The molecule has 1 atom stereocenters. The summed E-state index contributed by atoms with van der Waals surface area (Å²) in [4.78, 5) is 11.3. The second kappa shape index (κ2) is 5.24. The van der Waals surface area contributed by atoms with Crippen molar-refractivity contribution in [2.45, 2.75) is 44.3 Å². The molecule has 6 heteroatoms. The van der Waals surface area contributed by atoms with E-state index in [0.29, 0.717) is 12.5 Å². The molecule has 110 valence electrons. The molecule has 5 nitrogen and oxygen atoms in total. The summed E-state index contributed by atoms with van der Waals surface area (Å²) >= 11 is 3.48. The van der Waals surface area contributed by atoms with Crippen LogP contribution in [0.2, 0.25) is 0 Å². The number of nitrogens with zero attached hydrogens (tertiary/aromatic N) is 3.